The zero-order valence-electron chi connectivity index (χ0n) is 15.6. The Morgan fingerprint density at radius 1 is 0.966 bits per heavy atom. The highest BCUT2D eigenvalue weighted by molar-refractivity contribution is 5.73. The Hall–Kier alpha value is -1.26. The van der Waals surface area contributed by atoms with E-state index >= 15 is 0 Å². The first kappa shape index (κ1) is 24.0. The summed E-state index contributed by atoms with van der Waals surface area (Å²) in [5.74, 6) is -0.550. The van der Waals surface area contributed by atoms with Crippen LogP contribution in [-0.4, -0.2) is 124 Å². The summed E-state index contributed by atoms with van der Waals surface area (Å²) in [7, 11) is 0. The van der Waals surface area contributed by atoms with Crippen molar-refractivity contribution >= 4 is 12.2 Å². The third-order valence-electron chi connectivity index (χ3n) is 4.69. The minimum Gasteiger partial charge on any atom is -0.394 e. The molecule has 7 N–H and O–H groups in total. The van der Waals surface area contributed by atoms with E-state index in [1.54, 1.807) is 0 Å². The first-order chi connectivity index (χ1) is 13.7. The van der Waals surface area contributed by atoms with Gasteiger partial charge in [0, 0.05) is 6.92 Å². The van der Waals surface area contributed by atoms with Crippen molar-refractivity contribution < 1.29 is 59.2 Å². The molecule has 0 saturated carbocycles. The van der Waals surface area contributed by atoms with Gasteiger partial charge in [0.05, 0.1) is 13.2 Å². The number of hydrogen-bond acceptors (Lipinski definition) is 12. The zero-order chi connectivity index (χ0) is 21.7. The van der Waals surface area contributed by atoms with Crippen LogP contribution < -0.4 is 5.32 Å². The molecule has 2 saturated heterocycles. The van der Waals surface area contributed by atoms with Gasteiger partial charge in [-0.25, -0.2) is 0 Å². The van der Waals surface area contributed by atoms with E-state index in [-0.39, 0.29) is 0 Å². The van der Waals surface area contributed by atoms with Crippen LogP contribution in [0.5, 0.6) is 0 Å². The van der Waals surface area contributed by atoms with E-state index in [1.807, 2.05) is 0 Å². The van der Waals surface area contributed by atoms with Crippen LogP contribution in [0.25, 0.3) is 0 Å². The maximum absolute atomic E-state index is 11.5. The van der Waals surface area contributed by atoms with Crippen LogP contribution in [0.3, 0.4) is 0 Å². The van der Waals surface area contributed by atoms with Crippen LogP contribution in [0.1, 0.15) is 6.92 Å². The summed E-state index contributed by atoms with van der Waals surface area (Å²) in [6, 6.07) is -1.20. The second kappa shape index (κ2) is 10.7. The van der Waals surface area contributed by atoms with E-state index in [0.717, 1.165) is 0 Å². The fourth-order valence-electron chi connectivity index (χ4n) is 3.23. The minimum absolute atomic E-state index is 0.399. The van der Waals surface area contributed by atoms with Gasteiger partial charge in [-0.15, -0.1) is 0 Å². The number of nitrogens with one attached hydrogen (secondary N) is 1. The summed E-state index contributed by atoms with van der Waals surface area (Å²) in [4.78, 5) is 22.1. The lowest BCUT2D eigenvalue weighted by Crippen LogP contribution is -2.67. The van der Waals surface area contributed by atoms with Crippen molar-refractivity contribution in [2.24, 2.45) is 0 Å². The van der Waals surface area contributed by atoms with Gasteiger partial charge in [0.25, 0.3) is 0 Å². The Bertz CT molecular complexity index is 548. The third kappa shape index (κ3) is 5.46. The van der Waals surface area contributed by atoms with Gasteiger partial charge >= 0.3 is 0 Å². The number of aliphatic hydroxyl groups is 6. The molecule has 2 heterocycles. The molecule has 0 bridgehead atoms. The second-order valence-corrected chi connectivity index (χ2v) is 6.74. The molecule has 1 amide bonds. The van der Waals surface area contributed by atoms with E-state index in [1.165, 1.54) is 6.92 Å². The molecule has 10 atom stereocenters. The normalized spacial score (nSPS) is 43.0. The molecule has 0 aromatic heterocycles. The molecule has 0 aromatic carbocycles. The van der Waals surface area contributed by atoms with Crippen molar-refractivity contribution in [2.45, 2.75) is 68.3 Å². The van der Waals surface area contributed by atoms with Gasteiger partial charge in [0.1, 0.15) is 61.7 Å². The Balaban J connectivity index is 2.20. The highest BCUT2D eigenvalue weighted by Crippen LogP contribution is 2.29. The third-order valence-corrected chi connectivity index (χ3v) is 4.69. The highest BCUT2D eigenvalue weighted by Gasteiger charge is 2.51. The van der Waals surface area contributed by atoms with E-state index in [0.29, 0.717) is 6.29 Å². The van der Waals surface area contributed by atoms with Gasteiger partial charge in [0.15, 0.2) is 12.6 Å². The predicted molar refractivity (Wildman–Crippen MR) is 90.0 cm³/mol. The van der Waals surface area contributed by atoms with Crippen LogP contribution in [0.2, 0.25) is 0 Å². The minimum atomic E-state index is -1.75. The van der Waals surface area contributed by atoms with E-state index < -0.39 is 87.1 Å². The Morgan fingerprint density at radius 2 is 1.59 bits per heavy atom. The molecule has 13 nitrogen and oxygen atoms in total. The zero-order valence-corrected chi connectivity index (χ0v) is 15.6. The molecule has 2 fully saturated rings. The SMILES string of the molecule is CC(=O)N[C@H]1[C@H](OCC=O)O[C@H](CO)[C@@H](O[C@@H]2O[C@H](CO)[C@H](O)[C@H](O)[C@H]2O)[C@@H]1O. The first-order valence-electron chi connectivity index (χ1n) is 8.97. The number of aldehydes is 1. The fourth-order valence-corrected chi connectivity index (χ4v) is 3.23. The van der Waals surface area contributed by atoms with Gasteiger partial charge in [-0.1, -0.05) is 0 Å². The summed E-state index contributed by atoms with van der Waals surface area (Å²) in [5, 5.41) is 61.8. The van der Waals surface area contributed by atoms with E-state index in [9.17, 15) is 40.2 Å². The molecular weight excluding hydrogens is 398 g/mol. The van der Waals surface area contributed by atoms with Gasteiger partial charge in [0.2, 0.25) is 5.91 Å². The molecule has 13 heteroatoms. The fraction of sp³-hybridized carbons (Fsp3) is 0.875. The van der Waals surface area contributed by atoms with Crippen LogP contribution in [0, 0.1) is 0 Å². The van der Waals surface area contributed by atoms with Crippen LogP contribution in [0.15, 0.2) is 0 Å². The number of ether oxygens (including phenoxy) is 4. The summed E-state index contributed by atoms with van der Waals surface area (Å²) in [6.45, 7) is -0.583. The lowest BCUT2D eigenvalue weighted by molar-refractivity contribution is -0.347. The average Bonchev–Trinajstić information content (AvgIpc) is 2.69. The second-order valence-electron chi connectivity index (χ2n) is 6.74. The topological polar surface area (TPSA) is 204 Å². The molecule has 0 aliphatic carbocycles. The molecule has 0 spiro atoms. The van der Waals surface area contributed by atoms with Crippen molar-refractivity contribution in [1.82, 2.24) is 5.32 Å². The highest BCUT2D eigenvalue weighted by atomic mass is 16.7. The Kier molecular flexibility index (Phi) is 8.84. The van der Waals surface area contributed by atoms with Gasteiger partial charge in [-0.2, -0.15) is 0 Å². The van der Waals surface area contributed by atoms with Gasteiger partial charge < -0.3 is 59.7 Å². The van der Waals surface area contributed by atoms with Crippen molar-refractivity contribution in [3.05, 3.63) is 0 Å². The molecule has 2 aliphatic heterocycles. The molecule has 0 unspecified atom stereocenters. The standard InChI is InChI=1S/C16H27NO12/c1-6(21)17-9-11(23)14(8(5-20)28-15(9)26-3-2-18)29-16-13(25)12(24)10(22)7(4-19)27-16/h2,7-16,19-20,22-25H,3-5H2,1H3,(H,17,21)/t7-,8-,9-,10+,11-,12+,13-,14-,15-,16+/m1/s1. The van der Waals surface area contributed by atoms with Gasteiger partial charge in [-0.3, -0.25) is 4.79 Å². The molecule has 2 rings (SSSR count). The lowest BCUT2D eigenvalue weighted by atomic mass is 9.95. The number of carbonyl (C=O) groups excluding carboxylic acids is 2. The number of carbonyl (C=O) groups is 2. The Labute approximate surface area is 165 Å². The number of amides is 1. The number of rotatable bonds is 8. The van der Waals surface area contributed by atoms with Gasteiger partial charge in [-0.05, 0) is 0 Å². The molecule has 168 valence electrons. The maximum Gasteiger partial charge on any atom is 0.217 e. The van der Waals surface area contributed by atoms with Crippen molar-refractivity contribution in [1.29, 1.82) is 0 Å². The largest absolute Gasteiger partial charge is 0.394 e. The molecule has 29 heavy (non-hydrogen) atoms. The maximum atomic E-state index is 11.5. The van der Waals surface area contributed by atoms with E-state index in [4.69, 9.17) is 18.9 Å². The number of aliphatic hydroxyl groups excluding tert-OH is 6. The average molecular weight is 425 g/mol. The quantitative estimate of drug-likeness (QED) is 0.183. The number of hydrogen-bond donors (Lipinski definition) is 7. The summed E-state index contributed by atoms with van der Waals surface area (Å²) < 4.78 is 21.4. The predicted octanol–water partition coefficient (Wildman–Crippen LogP) is -5.03. The monoisotopic (exact) mass is 425 g/mol. The molecule has 2 aliphatic rings. The molecule has 0 aromatic rings. The lowest BCUT2D eigenvalue weighted by Gasteiger charge is -2.47. The van der Waals surface area contributed by atoms with Crippen molar-refractivity contribution in [2.75, 3.05) is 19.8 Å². The van der Waals surface area contributed by atoms with Crippen molar-refractivity contribution in [3.63, 3.8) is 0 Å². The van der Waals surface area contributed by atoms with Crippen molar-refractivity contribution in [3.8, 4) is 0 Å². The van der Waals surface area contributed by atoms with Crippen LogP contribution in [-0.2, 0) is 28.5 Å². The van der Waals surface area contributed by atoms with Crippen LogP contribution in [0.4, 0.5) is 0 Å². The summed E-state index contributed by atoms with van der Waals surface area (Å²) in [6.07, 6.45) is -12.9. The summed E-state index contributed by atoms with van der Waals surface area (Å²) in [5.41, 5.74) is 0. The first-order valence-corrected chi connectivity index (χ1v) is 8.97. The molecule has 0 radical (unpaired) electrons. The Morgan fingerprint density at radius 3 is 2.14 bits per heavy atom. The van der Waals surface area contributed by atoms with Crippen LogP contribution >= 0.6 is 0 Å². The van der Waals surface area contributed by atoms with E-state index in [2.05, 4.69) is 5.32 Å². The molecular formula is C16H27NO12. The summed E-state index contributed by atoms with van der Waals surface area (Å²) >= 11 is 0. The smallest absolute Gasteiger partial charge is 0.217 e.